The maximum absolute atomic E-state index is 13.6. The molecule has 0 bridgehead atoms. The van der Waals surface area contributed by atoms with E-state index in [0.717, 1.165) is 24.8 Å². The number of amides is 1. The fourth-order valence-electron chi connectivity index (χ4n) is 4.59. The normalized spacial score (nSPS) is 15.0. The summed E-state index contributed by atoms with van der Waals surface area (Å²) in [6, 6.07) is 15.5. The molecule has 0 radical (unpaired) electrons. The highest BCUT2D eigenvalue weighted by Gasteiger charge is 2.47. The molecule has 2 aromatic carbocycles. The van der Waals surface area contributed by atoms with E-state index in [2.05, 4.69) is 41.4 Å². The molecule has 0 saturated heterocycles. The Morgan fingerprint density at radius 2 is 1.93 bits per heavy atom. The van der Waals surface area contributed by atoms with Crippen LogP contribution in [-0.4, -0.2) is 40.7 Å². The molecule has 0 saturated carbocycles. The summed E-state index contributed by atoms with van der Waals surface area (Å²) in [4.78, 5) is 28.4. The van der Waals surface area contributed by atoms with Crippen LogP contribution < -0.4 is 14.4 Å². The molecule has 218 valence electrons. The van der Waals surface area contributed by atoms with Crippen LogP contribution in [0.2, 0.25) is 0 Å². The van der Waals surface area contributed by atoms with E-state index in [-0.39, 0.29) is 16.5 Å². The summed E-state index contributed by atoms with van der Waals surface area (Å²) in [5.74, 6) is -0.342. The molecule has 1 atom stereocenters. The lowest BCUT2D eigenvalue weighted by molar-refractivity contribution is -0.117. The number of furan rings is 1. The van der Waals surface area contributed by atoms with E-state index >= 15 is 0 Å². The number of hydrogen-bond donors (Lipinski definition) is 1. The Bertz CT molecular complexity index is 1580. The lowest BCUT2D eigenvalue weighted by Crippen LogP contribution is -2.31. The molecule has 4 aromatic rings. The highest BCUT2D eigenvalue weighted by molar-refractivity contribution is 8.00. The summed E-state index contributed by atoms with van der Waals surface area (Å²) in [5.41, 5.74) is 2.73. The largest absolute Gasteiger partial charge is 0.503 e. The van der Waals surface area contributed by atoms with Crippen LogP contribution in [0.5, 0.6) is 11.5 Å². The predicted octanol–water partition coefficient (Wildman–Crippen LogP) is 7.09. The van der Waals surface area contributed by atoms with Crippen LogP contribution in [0.3, 0.4) is 0 Å². The number of methoxy groups -OCH3 is 1. The van der Waals surface area contributed by atoms with Crippen molar-refractivity contribution in [2.45, 2.75) is 49.2 Å². The summed E-state index contributed by atoms with van der Waals surface area (Å²) < 4.78 is 17.5. The van der Waals surface area contributed by atoms with E-state index < -0.39 is 23.5 Å². The molecule has 1 aliphatic heterocycles. The topological polar surface area (TPSA) is 115 Å². The summed E-state index contributed by atoms with van der Waals surface area (Å²) >= 11 is 2.71. The van der Waals surface area contributed by atoms with E-state index in [1.165, 1.54) is 53.0 Å². The first kappa shape index (κ1) is 29.4. The van der Waals surface area contributed by atoms with Gasteiger partial charge in [-0.2, -0.15) is 0 Å². The standard InChI is InChI=1S/C31H31N3O6S2/c1-4-5-6-15-39-22-14-13-21(17-24(22)38-3)26-25(27(35)23-8-7-16-40-23)28(36)29(37)34(26)30-32-33-31(42-30)41-18-20-11-9-19(2)10-12-20/h7-14,16-17,26,36H,4-6,15,18H2,1-3H3. The number of aliphatic hydroxyl groups excluding tert-OH is 1. The van der Waals surface area contributed by atoms with Gasteiger partial charge in [0.15, 0.2) is 27.4 Å². The average molecular weight is 606 g/mol. The monoisotopic (exact) mass is 605 g/mol. The maximum Gasteiger partial charge on any atom is 0.296 e. The van der Waals surface area contributed by atoms with Gasteiger partial charge < -0.3 is 19.0 Å². The van der Waals surface area contributed by atoms with Gasteiger partial charge in [-0.15, -0.1) is 10.2 Å². The number of aryl methyl sites for hydroxylation is 1. The molecular formula is C31H31N3O6S2. The number of carbonyl (C=O) groups excluding carboxylic acids is 2. The van der Waals surface area contributed by atoms with Crippen molar-refractivity contribution in [1.29, 1.82) is 0 Å². The minimum Gasteiger partial charge on any atom is -0.503 e. The Morgan fingerprint density at radius 1 is 1.12 bits per heavy atom. The van der Waals surface area contributed by atoms with Crippen LogP contribution in [0.1, 0.15) is 59.5 Å². The number of anilines is 1. The van der Waals surface area contributed by atoms with Gasteiger partial charge in [0, 0.05) is 5.75 Å². The smallest absolute Gasteiger partial charge is 0.296 e. The van der Waals surface area contributed by atoms with Crippen LogP contribution >= 0.6 is 23.1 Å². The minimum absolute atomic E-state index is 0.00523. The van der Waals surface area contributed by atoms with Crippen molar-refractivity contribution in [2.24, 2.45) is 0 Å². The Kier molecular flexibility index (Phi) is 9.28. The first-order chi connectivity index (χ1) is 20.4. The van der Waals surface area contributed by atoms with Crippen molar-refractivity contribution in [1.82, 2.24) is 10.2 Å². The second kappa shape index (κ2) is 13.3. The zero-order valence-corrected chi connectivity index (χ0v) is 25.2. The molecular weight excluding hydrogens is 574 g/mol. The molecule has 0 aliphatic carbocycles. The lowest BCUT2D eigenvalue weighted by Gasteiger charge is -2.24. The van der Waals surface area contributed by atoms with Gasteiger partial charge in [0.1, 0.15) is 0 Å². The molecule has 0 spiro atoms. The van der Waals surface area contributed by atoms with E-state index in [1.807, 2.05) is 6.92 Å². The second-order valence-corrected chi connectivity index (χ2v) is 11.9. The molecule has 1 aliphatic rings. The number of nitrogens with zero attached hydrogens (tertiary/aromatic N) is 3. The molecule has 2 aromatic heterocycles. The van der Waals surface area contributed by atoms with Crippen molar-refractivity contribution in [2.75, 3.05) is 18.6 Å². The average Bonchev–Trinajstić information content (AvgIpc) is 3.76. The third-order valence-corrected chi connectivity index (χ3v) is 8.92. The molecule has 1 unspecified atom stereocenters. The molecule has 0 fully saturated rings. The molecule has 3 heterocycles. The first-order valence-electron chi connectivity index (χ1n) is 13.6. The SMILES string of the molecule is CCCCCOc1ccc(C2C(C(=O)c3ccco3)=C(O)C(=O)N2c2nnc(SCc3ccc(C)cc3)s2)cc1OC. The number of aromatic nitrogens is 2. The number of benzene rings is 2. The van der Waals surface area contributed by atoms with Crippen LogP contribution in [-0.2, 0) is 10.5 Å². The number of Topliss-reactive ketones (excluding diaryl/α,β-unsaturated/α-hetero) is 1. The Labute approximate surface area is 252 Å². The van der Waals surface area contributed by atoms with Gasteiger partial charge in [0.05, 0.1) is 31.6 Å². The number of carbonyl (C=O) groups is 2. The Balaban J connectivity index is 1.48. The molecule has 1 amide bonds. The number of ketones is 1. The summed E-state index contributed by atoms with van der Waals surface area (Å²) in [5, 5.41) is 19.9. The fourth-order valence-corrected chi connectivity index (χ4v) is 6.41. The van der Waals surface area contributed by atoms with Crippen LogP contribution in [0, 0.1) is 6.92 Å². The molecule has 1 N–H and O–H groups in total. The van der Waals surface area contributed by atoms with E-state index in [4.69, 9.17) is 13.9 Å². The van der Waals surface area contributed by atoms with Crippen molar-refractivity contribution >= 4 is 39.9 Å². The number of unbranched alkanes of at least 4 members (excludes halogenated alkanes) is 2. The first-order valence-corrected chi connectivity index (χ1v) is 15.4. The number of rotatable bonds is 13. The summed E-state index contributed by atoms with van der Waals surface area (Å²) in [6.07, 6.45) is 4.40. The molecule has 5 rings (SSSR count). The quantitative estimate of drug-likeness (QED) is 0.0738. The van der Waals surface area contributed by atoms with Crippen LogP contribution in [0.15, 0.2) is 80.9 Å². The van der Waals surface area contributed by atoms with Gasteiger partial charge in [0.25, 0.3) is 5.91 Å². The second-order valence-electron chi connectivity index (χ2n) is 9.74. The fraction of sp³-hybridized carbons (Fsp3) is 0.290. The zero-order chi connectivity index (χ0) is 29.6. The van der Waals surface area contributed by atoms with Gasteiger partial charge in [-0.3, -0.25) is 14.5 Å². The number of ether oxygens (including phenoxy) is 2. The van der Waals surface area contributed by atoms with Crippen molar-refractivity contribution < 1.29 is 28.6 Å². The zero-order valence-electron chi connectivity index (χ0n) is 23.5. The highest BCUT2D eigenvalue weighted by atomic mass is 32.2. The molecule has 9 nitrogen and oxygen atoms in total. The third kappa shape index (κ3) is 6.22. The summed E-state index contributed by atoms with van der Waals surface area (Å²) in [6.45, 7) is 4.70. The van der Waals surface area contributed by atoms with Gasteiger partial charge in [-0.05, 0) is 48.7 Å². The Hall–Kier alpha value is -4.09. The van der Waals surface area contributed by atoms with Gasteiger partial charge in [0.2, 0.25) is 10.9 Å². The maximum atomic E-state index is 13.6. The van der Waals surface area contributed by atoms with Crippen molar-refractivity contribution in [3.05, 3.63) is 94.6 Å². The van der Waals surface area contributed by atoms with Gasteiger partial charge in [-0.1, -0.05) is 78.8 Å². The van der Waals surface area contributed by atoms with Crippen LogP contribution in [0.4, 0.5) is 5.13 Å². The lowest BCUT2D eigenvalue weighted by atomic mass is 9.95. The van der Waals surface area contributed by atoms with Crippen molar-refractivity contribution in [3.63, 3.8) is 0 Å². The highest BCUT2D eigenvalue weighted by Crippen LogP contribution is 2.45. The number of thioether (sulfide) groups is 1. The van der Waals surface area contributed by atoms with Gasteiger partial charge >= 0.3 is 0 Å². The van der Waals surface area contributed by atoms with E-state index in [1.54, 1.807) is 24.3 Å². The predicted molar refractivity (Wildman–Crippen MR) is 162 cm³/mol. The van der Waals surface area contributed by atoms with Crippen LogP contribution in [0.25, 0.3) is 0 Å². The number of aliphatic hydroxyl groups is 1. The van der Waals surface area contributed by atoms with E-state index in [0.29, 0.717) is 33.8 Å². The minimum atomic E-state index is -0.999. The van der Waals surface area contributed by atoms with Gasteiger partial charge in [-0.25, -0.2) is 0 Å². The Morgan fingerprint density at radius 3 is 2.64 bits per heavy atom. The summed E-state index contributed by atoms with van der Waals surface area (Å²) in [7, 11) is 1.53. The molecule has 42 heavy (non-hydrogen) atoms. The van der Waals surface area contributed by atoms with Crippen molar-refractivity contribution in [3.8, 4) is 11.5 Å². The number of hydrogen-bond acceptors (Lipinski definition) is 10. The van der Waals surface area contributed by atoms with E-state index in [9.17, 15) is 14.7 Å². The molecule has 11 heteroatoms. The third-order valence-electron chi connectivity index (χ3n) is 6.79.